The van der Waals surface area contributed by atoms with Crippen molar-refractivity contribution in [2.75, 3.05) is 12.3 Å². The Morgan fingerprint density at radius 3 is 2.84 bits per heavy atom. The van der Waals surface area contributed by atoms with E-state index in [-0.39, 0.29) is 5.46 Å². The Labute approximate surface area is 118 Å². The molecule has 1 aliphatic heterocycles. The van der Waals surface area contributed by atoms with Crippen LogP contribution in [0.4, 0.5) is 4.39 Å². The molecule has 104 valence electrons. The van der Waals surface area contributed by atoms with Crippen LogP contribution >= 0.6 is 11.8 Å². The Morgan fingerprint density at radius 2 is 2.16 bits per heavy atom. The van der Waals surface area contributed by atoms with E-state index < -0.39 is 12.9 Å². The van der Waals surface area contributed by atoms with Crippen LogP contribution in [0.25, 0.3) is 0 Å². The summed E-state index contributed by atoms with van der Waals surface area (Å²) in [7, 11) is -1.76. The van der Waals surface area contributed by atoms with Crippen LogP contribution in [0, 0.1) is 5.82 Å². The first-order valence-corrected chi connectivity index (χ1v) is 7.54. The molecule has 0 aliphatic carbocycles. The fraction of sp³-hybridized carbons (Fsp3) is 0.538. The summed E-state index contributed by atoms with van der Waals surface area (Å²) in [5.41, 5.74) is 0.861. The predicted molar refractivity (Wildman–Crippen MR) is 78.0 cm³/mol. The van der Waals surface area contributed by atoms with Crippen molar-refractivity contribution >= 4 is 24.3 Å². The van der Waals surface area contributed by atoms with E-state index in [1.54, 1.807) is 12.1 Å². The molecule has 6 heteroatoms. The SMILES string of the molecule is CC1SCCN(Cc2ccc(F)c(B(O)O)c2)C1C. The Bertz CT molecular complexity index is 447. The monoisotopic (exact) mass is 283 g/mol. The Balaban J connectivity index is 2.12. The van der Waals surface area contributed by atoms with Crippen LogP contribution in [0.2, 0.25) is 0 Å². The van der Waals surface area contributed by atoms with Gasteiger partial charge in [0.25, 0.3) is 0 Å². The number of hydrogen-bond acceptors (Lipinski definition) is 4. The van der Waals surface area contributed by atoms with Crippen molar-refractivity contribution in [2.45, 2.75) is 31.7 Å². The maximum Gasteiger partial charge on any atom is 0.491 e. The van der Waals surface area contributed by atoms with Gasteiger partial charge in [-0.3, -0.25) is 4.90 Å². The van der Waals surface area contributed by atoms with Crippen molar-refractivity contribution < 1.29 is 14.4 Å². The second kappa shape index (κ2) is 6.26. The van der Waals surface area contributed by atoms with Crippen LogP contribution in [0.3, 0.4) is 0 Å². The van der Waals surface area contributed by atoms with E-state index in [0.29, 0.717) is 17.8 Å². The molecule has 2 unspecified atom stereocenters. The summed E-state index contributed by atoms with van der Waals surface area (Å²) in [6.07, 6.45) is 0. The Hall–Kier alpha value is -0.555. The average Bonchev–Trinajstić information content (AvgIpc) is 2.37. The zero-order valence-electron chi connectivity index (χ0n) is 11.2. The van der Waals surface area contributed by atoms with Gasteiger partial charge in [-0.1, -0.05) is 19.1 Å². The second-order valence-electron chi connectivity index (χ2n) is 5.02. The third kappa shape index (κ3) is 3.51. The van der Waals surface area contributed by atoms with Crippen molar-refractivity contribution in [3.8, 4) is 0 Å². The minimum atomic E-state index is -1.76. The van der Waals surface area contributed by atoms with Gasteiger partial charge in [0.1, 0.15) is 5.82 Å². The van der Waals surface area contributed by atoms with Gasteiger partial charge >= 0.3 is 7.12 Å². The maximum absolute atomic E-state index is 13.4. The number of thioether (sulfide) groups is 1. The lowest BCUT2D eigenvalue weighted by Crippen LogP contribution is -2.44. The molecule has 2 rings (SSSR count). The van der Waals surface area contributed by atoms with E-state index in [4.69, 9.17) is 10.0 Å². The molecular formula is C13H19BFNO2S. The largest absolute Gasteiger partial charge is 0.491 e. The molecule has 0 bridgehead atoms. The maximum atomic E-state index is 13.4. The van der Waals surface area contributed by atoms with Crippen molar-refractivity contribution in [1.29, 1.82) is 0 Å². The molecule has 1 saturated heterocycles. The lowest BCUT2D eigenvalue weighted by molar-refractivity contribution is 0.204. The molecule has 0 amide bonds. The molecule has 1 fully saturated rings. The molecule has 1 aliphatic rings. The molecule has 1 aromatic rings. The molecule has 1 heterocycles. The summed E-state index contributed by atoms with van der Waals surface area (Å²) in [6.45, 7) is 6.13. The summed E-state index contributed by atoms with van der Waals surface area (Å²) in [6, 6.07) is 5.02. The van der Waals surface area contributed by atoms with E-state index in [9.17, 15) is 4.39 Å². The third-order valence-electron chi connectivity index (χ3n) is 3.74. The van der Waals surface area contributed by atoms with Crippen molar-refractivity contribution in [3.05, 3.63) is 29.6 Å². The Morgan fingerprint density at radius 1 is 1.42 bits per heavy atom. The normalized spacial score (nSPS) is 24.5. The molecule has 0 aromatic heterocycles. The quantitative estimate of drug-likeness (QED) is 0.807. The number of hydrogen-bond donors (Lipinski definition) is 2. The highest BCUT2D eigenvalue weighted by Gasteiger charge is 2.25. The van der Waals surface area contributed by atoms with Gasteiger partial charge in [-0.05, 0) is 18.6 Å². The fourth-order valence-electron chi connectivity index (χ4n) is 2.34. The minimum Gasteiger partial charge on any atom is -0.423 e. The molecule has 3 nitrogen and oxygen atoms in total. The van der Waals surface area contributed by atoms with Crippen LogP contribution in [-0.2, 0) is 6.54 Å². The van der Waals surface area contributed by atoms with Crippen LogP contribution in [0.15, 0.2) is 18.2 Å². The van der Waals surface area contributed by atoms with Crippen LogP contribution in [0.1, 0.15) is 19.4 Å². The molecule has 0 radical (unpaired) electrons. The number of rotatable bonds is 3. The molecular weight excluding hydrogens is 264 g/mol. The standard InChI is InChI=1S/C13H19BFNO2S/c1-9-10(2)19-6-5-16(9)8-11-3-4-13(15)12(7-11)14(17)18/h3-4,7,9-10,17-18H,5-6,8H2,1-2H3. The summed E-state index contributed by atoms with van der Waals surface area (Å²) >= 11 is 1.97. The first-order valence-electron chi connectivity index (χ1n) is 6.49. The Kier molecular flexibility index (Phi) is 4.89. The van der Waals surface area contributed by atoms with E-state index in [0.717, 1.165) is 17.9 Å². The summed E-state index contributed by atoms with van der Waals surface area (Å²) in [5.74, 6) is 0.525. The van der Waals surface area contributed by atoms with Crippen molar-refractivity contribution in [2.24, 2.45) is 0 Å². The van der Waals surface area contributed by atoms with Gasteiger partial charge in [-0.25, -0.2) is 4.39 Å². The second-order valence-corrected chi connectivity index (χ2v) is 6.50. The van der Waals surface area contributed by atoms with Crippen LogP contribution in [0.5, 0.6) is 0 Å². The molecule has 2 atom stereocenters. The first kappa shape index (κ1) is 14.8. The van der Waals surface area contributed by atoms with E-state index in [1.807, 2.05) is 11.8 Å². The molecule has 2 N–H and O–H groups in total. The van der Waals surface area contributed by atoms with E-state index >= 15 is 0 Å². The van der Waals surface area contributed by atoms with E-state index in [2.05, 4.69) is 18.7 Å². The summed E-state index contributed by atoms with van der Waals surface area (Å²) in [4.78, 5) is 2.35. The number of halogens is 1. The molecule has 0 spiro atoms. The lowest BCUT2D eigenvalue weighted by Gasteiger charge is -2.37. The predicted octanol–water partition coefficient (Wildman–Crippen LogP) is 0.831. The fourth-order valence-corrected chi connectivity index (χ4v) is 3.50. The zero-order valence-corrected chi connectivity index (χ0v) is 12.0. The molecule has 19 heavy (non-hydrogen) atoms. The minimum absolute atomic E-state index is 0.0513. The van der Waals surface area contributed by atoms with Crippen molar-refractivity contribution in [3.63, 3.8) is 0 Å². The van der Waals surface area contributed by atoms with Gasteiger partial charge < -0.3 is 10.0 Å². The molecule has 0 saturated carbocycles. The summed E-state index contributed by atoms with van der Waals surface area (Å²) in [5, 5.41) is 18.8. The van der Waals surface area contributed by atoms with Gasteiger partial charge in [-0.2, -0.15) is 11.8 Å². The van der Waals surface area contributed by atoms with Gasteiger partial charge in [0.05, 0.1) is 0 Å². The van der Waals surface area contributed by atoms with Crippen LogP contribution in [-0.4, -0.2) is 45.7 Å². The van der Waals surface area contributed by atoms with Gasteiger partial charge in [0, 0.05) is 35.6 Å². The average molecular weight is 283 g/mol. The smallest absolute Gasteiger partial charge is 0.423 e. The summed E-state index contributed by atoms with van der Waals surface area (Å²) < 4.78 is 13.4. The third-order valence-corrected chi connectivity index (χ3v) is 5.08. The highest BCUT2D eigenvalue weighted by molar-refractivity contribution is 8.00. The highest BCUT2D eigenvalue weighted by Crippen LogP contribution is 2.25. The number of nitrogens with zero attached hydrogens (tertiary/aromatic N) is 1. The lowest BCUT2D eigenvalue weighted by atomic mass is 9.79. The van der Waals surface area contributed by atoms with E-state index in [1.165, 1.54) is 6.07 Å². The zero-order chi connectivity index (χ0) is 14.0. The van der Waals surface area contributed by atoms with Crippen LogP contribution < -0.4 is 5.46 Å². The van der Waals surface area contributed by atoms with Gasteiger partial charge in [0.15, 0.2) is 0 Å². The number of benzene rings is 1. The highest BCUT2D eigenvalue weighted by atomic mass is 32.2. The topological polar surface area (TPSA) is 43.7 Å². The molecule has 1 aromatic carbocycles. The first-order chi connectivity index (χ1) is 8.99. The van der Waals surface area contributed by atoms with Gasteiger partial charge in [-0.15, -0.1) is 0 Å². The van der Waals surface area contributed by atoms with Crippen molar-refractivity contribution in [1.82, 2.24) is 4.90 Å². The van der Waals surface area contributed by atoms with Gasteiger partial charge in [0.2, 0.25) is 0 Å².